The average Bonchev–Trinajstić information content (AvgIpc) is 2.42. The van der Waals surface area contributed by atoms with Crippen molar-refractivity contribution < 1.29 is 28.9 Å². The van der Waals surface area contributed by atoms with E-state index >= 15 is 0 Å². The van der Waals surface area contributed by atoms with Crippen LogP contribution in [0.4, 0.5) is 9.59 Å². The van der Waals surface area contributed by atoms with Gasteiger partial charge in [0.1, 0.15) is 17.0 Å². The number of benzene rings is 1. The van der Waals surface area contributed by atoms with Crippen LogP contribution >= 0.6 is 0 Å². The third-order valence-corrected chi connectivity index (χ3v) is 3.47. The van der Waals surface area contributed by atoms with E-state index in [9.17, 15) is 14.7 Å². The van der Waals surface area contributed by atoms with Crippen molar-refractivity contribution in [3.8, 4) is 5.75 Å². The van der Waals surface area contributed by atoms with Crippen molar-refractivity contribution in [1.82, 2.24) is 4.90 Å². The normalized spacial score (nSPS) is 17.3. The molecule has 1 amide bonds. The van der Waals surface area contributed by atoms with Crippen molar-refractivity contribution in [2.45, 2.75) is 65.4 Å². The highest BCUT2D eigenvalue weighted by atomic mass is 16.7. The van der Waals surface area contributed by atoms with Crippen molar-refractivity contribution in [3.63, 3.8) is 0 Å². The molecular weight excluding hydrogens is 338 g/mol. The Morgan fingerprint density at radius 1 is 1.08 bits per heavy atom. The quantitative estimate of drug-likeness (QED) is 0.602. The van der Waals surface area contributed by atoms with E-state index in [4.69, 9.17) is 14.2 Å². The lowest BCUT2D eigenvalue weighted by atomic mass is 9.97. The van der Waals surface area contributed by atoms with E-state index < -0.39 is 29.6 Å². The average molecular weight is 365 g/mol. The van der Waals surface area contributed by atoms with Gasteiger partial charge in [-0.2, -0.15) is 0 Å². The Morgan fingerprint density at radius 2 is 1.69 bits per heavy atom. The molecule has 7 heteroatoms. The topological polar surface area (TPSA) is 85.3 Å². The summed E-state index contributed by atoms with van der Waals surface area (Å²) in [6.45, 7) is 11.0. The number of rotatable bonds is 1. The molecule has 1 heterocycles. The van der Waals surface area contributed by atoms with Crippen LogP contribution in [0, 0.1) is 0 Å². The number of hydrogen-bond donors (Lipinski definition) is 1. The summed E-state index contributed by atoms with van der Waals surface area (Å²) < 4.78 is 15.7. The van der Waals surface area contributed by atoms with Crippen molar-refractivity contribution in [2.24, 2.45) is 0 Å². The van der Waals surface area contributed by atoms with Crippen LogP contribution in [0.3, 0.4) is 0 Å². The van der Waals surface area contributed by atoms with Crippen LogP contribution in [-0.2, 0) is 16.0 Å². The zero-order valence-electron chi connectivity index (χ0n) is 16.2. The highest BCUT2D eigenvalue weighted by Crippen LogP contribution is 2.30. The highest BCUT2D eigenvalue weighted by Gasteiger charge is 2.30. The number of hydrogen-bond acceptors (Lipinski definition) is 6. The first kappa shape index (κ1) is 20.0. The maximum Gasteiger partial charge on any atom is 0.514 e. The zero-order chi connectivity index (χ0) is 19.7. The van der Waals surface area contributed by atoms with Crippen molar-refractivity contribution in [3.05, 3.63) is 29.3 Å². The Morgan fingerprint density at radius 3 is 2.27 bits per heavy atom. The fourth-order valence-corrected chi connectivity index (χ4v) is 2.52. The van der Waals surface area contributed by atoms with E-state index in [0.717, 1.165) is 0 Å². The Bertz CT molecular complexity index is 686. The second kappa shape index (κ2) is 7.15. The maximum atomic E-state index is 12.3. The molecule has 1 N–H and O–H groups in total. The van der Waals surface area contributed by atoms with Crippen molar-refractivity contribution >= 4 is 12.2 Å². The second-order valence-corrected chi connectivity index (χ2v) is 8.30. The van der Waals surface area contributed by atoms with Gasteiger partial charge in [0.2, 0.25) is 0 Å². The molecule has 2 rings (SSSR count). The molecule has 0 fully saturated rings. The van der Waals surface area contributed by atoms with Crippen LogP contribution in [0.5, 0.6) is 5.75 Å². The number of carbonyl (C=O) groups is 2. The monoisotopic (exact) mass is 365 g/mol. The molecule has 0 radical (unpaired) electrons. The lowest BCUT2D eigenvalue weighted by molar-refractivity contribution is 0.00787. The van der Waals surface area contributed by atoms with E-state index in [1.54, 1.807) is 59.7 Å². The van der Waals surface area contributed by atoms with Crippen LogP contribution in [-0.4, -0.2) is 40.0 Å². The van der Waals surface area contributed by atoms with Gasteiger partial charge in [0.15, 0.2) is 0 Å². The fraction of sp³-hybridized carbons (Fsp3) is 0.579. The Labute approximate surface area is 153 Å². The number of fused-ring (bicyclic) bond motifs is 1. The van der Waals surface area contributed by atoms with E-state index in [0.29, 0.717) is 11.1 Å². The number of amides is 1. The first-order chi connectivity index (χ1) is 11.8. The number of aliphatic hydroxyl groups excluding tert-OH is 1. The molecule has 144 valence electrons. The lowest BCUT2D eigenvalue weighted by Gasteiger charge is -2.33. The zero-order valence-corrected chi connectivity index (χ0v) is 16.2. The summed E-state index contributed by atoms with van der Waals surface area (Å²) in [5.41, 5.74) is 0.107. The molecule has 26 heavy (non-hydrogen) atoms. The largest absolute Gasteiger partial charge is 0.514 e. The summed E-state index contributed by atoms with van der Waals surface area (Å²) in [5, 5.41) is 10.3. The molecule has 7 nitrogen and oxygen atoms in total. The van der Waals surface area contributed by atoms with Gasteiger partial charge in [0.05, 0.1) is 12.6 Å². The number of aliphatic hydroxyl groups is 1. The van der Waals surface area contributed by atoms with Crippen molar-refractivity contribution in [1.29, 1.82) is 0 Å². The fourth-order valence-electron chi connectivity index (χ4n) is 2.52. The molecule has 0 bridgehead atoms. The van der Waals surface area contributed by atoms with Gasteiger partial charge in [-0.15, -0.1) is 0 Å². The predicted molar refractivity (Wildman–Crippen MR) is 94.9 cm³/mol. The minimum Gasteiger partial charge on any atom is -0.444 e. The Balaban J connectivity index is 2.13. The van der Waals surface area contributed by atoms with E-state index in [2.05, 4.69) is 0 Å². The molecule has 1 aromatic rings. The van der Waals surface area contributed by atoms with Crippen LogP contribution < -0.4 is 4.74 Å². The van der Waals surface area contributed by atoms with E-state index in [1.165, 1.54) is 4.90 Å². The van der Waals surface area contributed by atoms with Gasteiger partial charge in [0.25, 0.3) is 0 Å². The standard InChI is InChI=1S/C19H27NO6/c1-18(2,3)25-16(22)20-10-12-9-13(7-8-14(12)15(21)11-20)24-17(23)26-19(4,5)6/h7-9,15,21H,10-11H2,1-6H3. The Kier molecular flexibility index (Phi) is 5.51. The first-order valence-electron chi connectivity index (χ1n) is 8.54. The Hall–Kier alpha value is -2.28. The lowest BCUT2D eigenvalue weighted by Crippen LogP contribution is -2.41. The summed E-state index contributed by atoms with van der Waals surface area (Å²) in [5.74, 6) is 0.288. The number of ether oxygens (including phenoxy) is 3. The van der Waals surface area contributed by atoms with E-state index in [-0.39, 0.29) is 18.8 Å². The molecule has 0 saturated carbocycles. The van der Waals surface area contributed by atoms with E-state index in [1.807, 2.05) is 0 Å². The summed E-state index contributed by atoms with van der Waals surface area (Å²) in [7, 11) is 0. The molecule has 0 saturated heterocycles. The smallest absolute Gasteiger partial charge is 0.444 e. The summed E-state index contributed by atoms with van der Waals surface area (Å²) in [6, 6.07) is 4.90. The molecule has 0 aliphatic carbocycles. The highest BCUT2D eigenvalue weighted by molar-refractivity contribution is 5.69. The molecule has 0 spiro atoms. The number of nitrogens with zero attached hydrogens (tertiary/aromatic N) is 1. The minimum absolute atomic E-state index is 0.147. The van der Waals surface area contributed by atoms with Gasteiger partial charge in [0, 0.05) is 6.54 Å². The summed E-state index contributed by atoms with van der Waals surface area (Å²) >= 11 is 0. The van der Waals surface area contributed by atoms with Gasteiger partial charge in [-0.25, -0.2) is 9.59 Å². The first-order valence-corrected chi connectivity index (χ1v) is 8.54. The number of β-amino-alcohol motifs (C(OH)–C–C–N with tert-alkyl or cyclic N) is 1. The van der Waals surface area contributed by atoms with Gasteiger partial charge in [-0.3, -0.25) is 0 Å². The van der Waals surface area contributed by atoms with Crippen LogP contribution in [0.1, 0.15) is 58.8 Å². The molecule has 1 aliphatic rings. The molecule has 1 unspecified atom stereocenters. The van der Waals surface area contributed by atoms with Crippen LogP contribution in [0.15, 0.2) is 18.2 Å². The van der Waals surface area contributed by atoms with Crippen LogP contribution in [0.25, 0.3) is 0 Å². The minimum atomic E-state index is -0.832. The molecule has 1 aliphatic heterocycles. The van der Waals surface area contributed by atoms with Crippen molar-refractivity contribution in [2.75, 3.05) is 6.54 Å². The molecular formula is C19H27NO6. The molecule has 1 atom stereocenters. The van der Waals surface area contributed by atoms with Crippen LogP contribution in [0.2, 0.25) is 0 Å². The second-order valence-electron chi connectivity index (χ2n) is 8.30. The predicted octanol–water partition coefficient (Wildman–Crippen LogP) is 3.78. The number of carbonyl (C=O) groups excluding carboxylic acids is 2. The van der Waals surface area contributed by atoms with Gasteiger partial charge < -0.3 is 24.2 Å². The third kappa shape index (κ3) is 5.62. The summed E-state index contributed by atoms with van der Waals surface area (Å²) in [4.78, 5) is 25.5. The molecule has 1 aromatic carbocycles. The third-order valence-electron chi connectivity index (χ3n) is 3.47. The summed E-state index contributed by atoms with van der Waals surface area (Å²) in [6.07, 6.45) is -2.14. The SMILES string of the molecule is CC(C)(C)OC(=O)Oc1ccc2c(c1)CN(C(=O)OC(C)(C)C)CC2O. The van der Waals surface area contributed by atoms with Gasteiger partial charge in [-0.05, 0) is 64.8 Å². The maximum absolute atomic E-state index is 12.3. The molecule has 0 aromatic heterocycles. The van der Waals surface area contributed by atoms with Gasteiger partial charge in [-0.1, -0.05) is 6.07 Å². The van der Waals surface area contributed by atoms with Gasteiger partial charge >= 0.3 is 12.2 Å².